The Kier molecular flexibility index (Phi) is 8.92. The number of ether oxygens (including phenoxy) is 2. The smallest absolute Gasteiger partial charge is 0.227 e. The number of hydrogen-bond donors (Lipinski definition) is 1. The number of aliphatic hydroxyl groups excluding tert-OH is 1. The van der Waals surface area contributed by atoms with Crippen LogP contribution in [-0.2, 0) is 16.1 Å². The molecule has 1 unspecified atom stereocenters. The third-order valence-electron chi connectivity index (χ3n) is 6.08. The van der Waals surface area contributed by atoms with E-state index in [1.807, 2.05) is 36.4 Å². The molecule has 5 nitrogen and oxygen atoms in total. The number of hydrogen-bond acceptors (Lipinski definition) is 4. The second kappa shape index (κ2) is 11.9. The van der Waals surface area contributed by atoms with Gasteiger partial charge in [-0.1, -0.05) is 50.5 Å². The zero-order valence-corrected chi connectivity index (χ0v) is 18.8. The van der Waals surface area contributed by atoms with Gasteiger partial charge in [0.15, 0.2) is 0 Å². The fraction of sp³-hybridized carbons (Fsp3) is 0.500. The van der Waals surface area contributed by atoms with Crippen LogP contribution in [0.3, 0.4) is 0 Å². The van der Waals surface area contributed by atoms with Gasteiger partial charge in [0.1, 0.15) is 5.75 Å². The Morgan fingerprint density at radius 1 is 1.10 bits per heavy atom. The number of methoxy groups -OCH3 is 1. The van der Waals surface area contributed by atoms with E-state index in [4.69, 9.17) is 9.47 Å². The molecule has 0 saturated carbocycles. The average Bonchev–Trinajstić information content (AvgIpc) is 3.19. The molecule has 0 aliphatic carbocycles. The van der Waals surface area contributed by atoms with E-state index < -0.39 is 0 Å². The third-order valence-corrected chi connectivity index (χ3v) is 6.08. The van der Waals surface area contributed by atoms with Gasteiger partial charge in [0, 0.05) is 18.0 Å². The highest BCUT2D eigenvalue weighted by Crippen LogP contribution is 2.30. The van der Waals surface area contributed by atoms with E-state index in [1.54, 1.807) is 12.0 Å². The predicted molar refractivity (Wildman–Crippen MR) is 124 cm³/mol. The second-order valence-corrected chi connectivity index (χ2v) is 8.29. The van der Waals surface area contributed by atoms with Crippen molar-refractivity contribution in [1.29, 1.82) is 0 Å². The van der Waals surface area contributed by atoms with Gasteiger partial charge in [0.05, 0.1) is 33.0 Å². The minimum atomic E-state index is -0.105. The fourth-order valence-corrected chi connectivity index (χ4v) is 4.21. The summed E-state index contributed by atoms with van der Waals surface area (Å²) in [7, 11) is 1.67. The zero-order valence-electron chi connectivity index (χ0n) is 18.8. The van der Waals surface area contributed by atoms with Crippen molar-refractivity contribution >= 4 is 11.6 Å². The van der Waals surface area contributed by atoms with Crippen molar-refractivity contribution in [3.05, 3.63) is 59.7 Å². The molecule has 31 heavy (non-hydrogen) atoms. The van der Waals surface area contributed by atoms with Gasteiger partial charge in [-0.05, 0) is 48.2 Å². The van der Waals surface area contributed by atoms with Gasteiger partial charge in [0.2, 0.25) is 5.91 Å². The molecule has 2 atom stereocenters. The van der Waals surface area contributed by atoms with Gasteiger partial charge in [-0.3, -0.25) is 4.79 Å². The molecule has 2 aromatic rings. The summed E-state index contributed by atoms with van der Waals surface area (Å²) in [5, 5.41) is 9.58. The van der Waals surface area contributed by atoms with Gasteiger partial charge in [-0.15, -0.1) is 0 Å². The first-order valence-corrected chi connectivity index (χ1v) is 11.4. The highest BCUT2D eigenvalue weighted by Gasteiger charge is 2.31. The standard InChI is InChI=1S/C26H35NO4/c1-3-4-5-6-22(19-31-18-20-7-14-25(30-2)15-8-20)21-9-11-23(12-10-21)27-24(17-28)13-16-26(27)29/h7-12,14-15,22,24,28H,3-6,13,16-19H2,1-2H3/t22?,24-/m1/s1. The summed E-state index contributed by atoms with van der Waals surface area (Å²) >= 11 is 0. The Morgan fingerprint density at radius 2 is 1.84 bits per heavy atom. The largest absolute Gasteiger partial charge is 0.497 e. The van der Waals surface area contributed by atoms with Crippen LogP contribution in [0.4, 0.5) is 5.69 Å². The van der Waals surface area contributed by atoms with Crippen LogP contribution < -0.4 is 9.64 Å². The van der Waals surface area contributed by atoms with E-state index in [-0.39, 0.29) is 18.6 Å². The number of rotatable bonds is 12. The van der Waals surface area contributed by atoms with E-state index in [9.17, 15) is 9.90 Å². The molecule has 1 fully saturated rings. The summed E-state index contributed by atoms with van der Waals surface area (Å²) in [6.07, 6.45) is 5.89. The van der Waals surface area contributed by atoms with Crippen LogP contribution in [0.5, 0.6) is 5.75 Å². The Balaban J connectivity index is 1.63. The van der Waals surface area contributed by atoms with Crippen LogP contribution in [0.15, 0.2) is 48.5 Å². The van der Waals surface area contributed by atoms with Crippen LogP contribution in [0.25, 0.3) is 0 Å². The molecule has 3 rings (SSSR count). The van der Waals surface area contributed by atoms with Gasteiger partial charge in [-0.25, -0.2) is 0 Å². The molecule has 1 N–H and O–H groups in total. The molecular formula is C26H35NO4. The SMILES string of the molecule is CCCCCC(COCc1ccc(OC)cc1)c1ccc(N2C(=O)CC[C@@H]2CO)cc1. The lowest BCUT2D eigenvalue weighted by Gasteiger charge is -2.24. The molecule has 0 spiro atoms. The summed E-state index contributed by atoms with van der Waals surface area (Å²) in [6.45, 7) is 3.46. The minimum absolute atomic E-state index is 0.00628. The van der Waals surface area contributed by atoms with Crippen molar-refractivity contribution < 1.29 is 19.4 Å². The van der Waals surface area contributed by atoms with Gasteiger partial charge >= 0.3 is 0 Å². The number of carbonyl (C=O) groups excluding carboxylic acids is 1. The maximum Gasteiger partial charge on any atom is 0.227 e. The molecular weight excluding hydrogens is 390 g/mol. The molecule has 1 aliphatic heterocycles. The maximum atomic E-state index is 12.2. The van der Waals surface area contributed by atoms with Crippen LogP contribution in [0.2, 0.25) is 0 Å². The first-order chi connectivity index (χ1) is 15.2. The number of carbonyl (C=O) groups is 1. The Bertz CT molecular complexity index is 803. The monoisotopic (exact) mass is 425 g/mol. The van der Waals surface area contributed by atoms with Gasteiger partial charge in [-0.2, -0.15) is 0 Å². The van der Waals surface area contributed by atoms with E-state index in [0.29, 0.717) is 25.6 Å². The van der Waals surface area contributed by atoms with Crippen molar-refractivity contribution in [2.45, 2.75) is 64.0 Å². The first kappa shape index (κ1) is 23.3. The second-order valence-electron chi connectivity index (χ2n) is 8.29. The topological polar surface area (TPSA) is 59.0 Å². The summed E-state index contributed by atoms with van der Waals surface area (Å²) in [5.41, 5.74) is 3.24. The van der Waals surface area contributed by atoms with Crippen LogP contribution in [0.1, 0.15) is 62.5 Å². The van der Waals surface area contributed by atoms with Crippen molar-refractivity contribution in [3.8, 4) is 5.75 Å². The average molecular weight is 426 g/mol. The van der Waals surface area contributed by atoms with Crippen molar-refractivity contribution in [2.24, 2.45) is 0 Å². The van der Waals surface area contributed by atoms with Crippen LogP contribution >= 0.6 is 0 Å². The quantitative estimate of drug-likeness (QED) is 0.483. The summed E-state index contributed by atoms with van der Waals surface area (Å²) < 4.78 is 11.3. The normalized spacial score (nSPS) is 17.2. The molecule has 168 valence electrons. The molecule has 1 amide bonds. The number of amides is 1. The minimum Gasteiger partial charge on any atom is -0.497 e. The highest BCUT2D eigenvalue weighted by atomic mass is 16.5. The Morgan fingerprint density at radius 3 is 2.48 bits per heavy atom. The Hall–Kier alpha value is -2.37. The van der Waals surface area contributed by atoms with Gasteiger partial charge < -0.3 is 19.5 Å². The molecule has 5 heteroatoms. The molecule has 1 heterocycles. The van der Waals surface area contributed by atoms with E-state index in [2.05, 4.69) is 19.1 Å². The molecule has 0 aromatic heterocycles. The summed E-state index contributed by atoms with van der Waals surface area (Å²) in [4.78, 5) is 14.0. The lowest BCUT2D eigenvalue weighted by atomic mass is 9.93. The zero-order chi connectivity index (χ0) is 22.1. The number of aliphatic hydroxyl groups is 1. The maximum absolute atomic E-state index is 12.2. The number of benzene rings is 2. The van der Waals surface area contributed by atoms with Crippen LogP contribution in [-0.4, -0.2) is 37.4 Å². The third kappa shape index (κ3) is 6.31. The first-order valence-electron chi connectivity index (χ1n) is 11.4. The molecule has 0 radical (unpaired) electrons. The number of unbranched alkanes of at least 4 members (excludes halogenated alkanes) is 2. The fourth-order valence-electron chi connectivity index (χ4n) is 4.21. The van der Waals surface area contributed by atoms with Gasteiger partial charge in [0.25, 0.3) is 0 Å². The Labute approximate surface area is 186 Å². The number of anilines is 1. The van der Waals surface area contributed by atoms with E-state index in [1.165, 1.54) is 24.8 Å². The molecule has 0 bridgehead atoms. The van der Waals surface area contributed by atoms with Crippen molar-refractivity contribution in [1.82, 2.24) is 0 Å². The highest BCUT2D eigenvalue weighted by molar-refractivity contribution is 5.96. The van der Waals surface area contributed by atoms with Crippen molar-refractivity contribution in [2.75, 3.05) is 25.2 Å². The summed E-state index contributed by atoms with van der Waals surface area (Å²) in [5.74, 6) is 1.26. The predicted octanol–water partition coefficient (Wildman–Crippen LogP) is 5.06. The van der Waals surface area contributed by atoms with E-state index in [0.717, 1.165) is 29.8 Å². The number of nitrogens with zero attached hydrogens (tertiary/aromatic N) is 1. The lowest BCUT2D eigenvalue weighted by Crippen LogP contribution is -2.35. The molecule has 2 aromatic carbocycles. The molecule has 1 aliphatic rings. The van der Waals surface area contributed by atoms with Crippen LogP contribution in [0, 0.1) is 0 Å². The van der Waals surface area contributed by atoms with E-state index >= 15 is 0 Å². The molecule has 1 saturated heterocycles. The van der Waals surface area contributed by atoms with Crippen molar-refractivity contribution in [3.63, 3.8) is 0 Å². The lowest BCUT2D eigenvalue weighted by molar-refractivity contribution is -0.117. The summed E-state index contributed by atoms with van der Waals surface area (Å²) in [6, 6.07) is 16.1.